The van der Waals surface area contributed by atoms with E-state index in [1.807, 2.05) is 30.3 Å². The fraction of sp³-hybridized carbons (Fsp3) is 0.300. The van der Waals surface area contributed by atoms with E-state index in [2.05, 4.69) is 0 Å². The molecule has 13 heavy (non-hydrogen) atoms. The number of hydrogen-bond acceptors (Lipinski definition) is 3. The van der Waals surface area contributed by atoms with Crippen molar-refractivity contribution in [3.8, 4) is 6.07 Å². The van der Waals surface area contributed by atoms with E-state index in [1.165, 1.54) is 0 Å². The minimum absolute atomic E-state index is 0.0909. The highest BCUT2D eigenvalue weighted by Gasteiger charge is 2.02. The predicted octanol–water partition coefficient (Wildman–Crippen LogP) is 1.05. The molecular weight excluding hydrogens is 162 g/mol. The van der Waals surface area contributed by atoms with Crippen LogP contribution in [-0.4, -0.2) is 6.04 Å². The molecular formula is C10H13N3. The van der Waals surface area contributed by atoms with Crippen LogP contribution in [0, 0.1) is 11.3 Å². The monoisotopic (exact) mass is 175 g/mol. The topological polar surface area (TPSA) is 75.8 Å². The van der Waals surface area contributed by atoms with Crippen LogP contribution in [-0.2, 0) is 6.42 Å². The molecule has 4 N–H and O–H groups in total. The van der Waals surface area contributed by atoms with Crippen molar-refractivity contribution < 1.29 is 0 Å². The Morgan fingerprint density at radius 1 is 1.46 bits per heavy atom. The van der Waals surface area contributed by atoms with E-state index in [1.54, 1.807) is 0 Å². The van der Waals surface area contributed by atoms with Gasteiger partial charge in [0.1, 0.15) is 0 Å². The largest absolute Gasteiger partial charge is 0.399 e. The average Bonchev–Trinajstić information content (AvgIpc) is 2.04. The van der Waals surface area contributed by atoms with Gasteiger partial charge in [-0.3, -0.25) is 0 Å². The zero-order valence-electron chi connectivity index (χ0n) is 7.40. The summed E-state index contributed by atoms with van der Waals surface area (Å²) in [6, 6.07) is 9.53. The van der Waals surface area contributed by atoms with Gasteiger partial charge in [0.15, 0.2) is 0 Å². The Kier molecular flexibility index (Phi) is 3.30. The second-order valence-corrected chi connectivity index (χ2v) is 3.07. The summed E-state index contributed by atoms with van der Waals surface area (Å²) in [6.45, 7) is 0. The number of anilines is 1. The highest BCUT2D eigenvalue weighted by atomic mass is 14.6. The minimum atomic E-state index is -0.0909. The molecule has 0 saturated heterocycles. The summed E-state index contributed by atoms with van der Waals surface area (Å²) < 4.78 is 0. The fourth-order valence-corrected chi connectivity index (χ4v) is 1.21. The number of nitrogen functional groups attached to an aromatic ring is 1. The first kappa shape index (κ1) is 9.56. The zero-order chi connectivity index (χ0) is 9.68. The standard InChI is InChI=1S/C10H13N3/c11-5-4-10(13)7-8-2-1-3-9(12)6-8/h1-3,6,10H,4,7,12-13H2. The summed E-state index contributed by atoms with van der Waals surface area (Å²) in [5, 5.41) is 8.41. The third-order valence-corrected chi connectivity index (χ3v) is 1.80. The van der Waals surface area contributed by atoms with Crippen molar-refractivity contribution in [2.45, 2.75) is 18.9 Å². The smallest absolute Gasteiger partial charge is 0.0638 e. The van der Waals surface area contributed by atoms with E-state index in [0.717, 1.165) is 11.3 Å². The summed E-state index contributed by atoms with van der Waals surface area (Å²) in [5.41, 5.74) is 13.1. The Hall–Kier alpha value is -1.53. The van der Waals surface area contributed by atoms with Crippen molar-refractivity contribution in [1.29, 1.82) is 5.26 Å². The Labute approximate surface area is 78.0 Å². The number of nitriles is 1. The first-order valence-corrected chi connectivity index (χ1v) is 4.19. The highest BCUT2D eigenvalue weighted by molar-refractivity contribution is 5.40. The Balaban J connectivity index is 2.59. The van der Waals surface area contributed by atoms with Gasteiger partial charge < -0.3 is 11.5 Å². The van der Waals surface area contributed by atoms with Gasteiger partial charge in [0.05, 0.1) is 12.5 Å². The second-order valence-electron chi connectivity index (χ2n) is 3.07. The molecule has 0 aliphatic heterocycles. The molecule has 0 amide bonds. The quantitative estimate of drug-likeness (QED) is 0.674. The third-order valence-electron chi connectivity index (χ3n) is 1.80. The molecule has 0 radical (unpaired) electrons. The van der Waals surface area contributed by atoms with E-state index < -0.39 is 0 Å². The van der Waals surface area contributed by atoms with Gasteiger partial charge in [0.2, 0.25) is 0 Å². The summed E-state index contributed by atoms with van der Waals surface area (Å²) in [7, 11) is 0. The van der Waals surface area contributed by atoms with Gasteiger partial charge in [0, 0.05) is 11.7 Å². The van der Waals surface area contributed by atoms with Crippen molar-refractivity contribution in [2.75, 3.05) is 5.73 Å². The maximum atomic E-state index is 8.41. The van der Waals surface area contributed by atoms with Gasteiger partial charge in [-0.05, 0) is 24.1 Å². The maximum absolute atomic E-state index is 8.41. The van der Waals surface area contributed by atoms with Crippen molar-refractivity contribution in [3.05, 3.63) is 29.8 Å². The lowest BCUT2D eigenvalue weighted by molar-refractivity contribution is 0.685. The van der Waals surface area contributed by atoms with Crippen LogP contribution in [0.2, 0.25) is 0 Å². The summed E-state index contributed by atoms with van der Waals surface area (Å²) in [6.07, 6.45) is 1.09. The molecule has 0 fully saturated rings. The molecule has 0 aliphatic carbocycles. The molecule has 0 aromatic heterocycles. The lowest BCUT2D eigenvalue weighted by Gasteiger charge is -2.07. The molecule has 0 heterocycles. The van der Waals surface area contributed by atoms with Crippen LogP contribution in [0.1, 0.15) is 12.0 Å². The highest BCUT2D eigenvalue weighted by Crippen LogP contribution is 2.08. The number of nitrogens with zero attached hydrogens (tertiary/aromatic N) is 1. The summed E-state index contributed by atoms with van der Waals surface area (Å²) in [5.74, 6) is 0. The average molecular weight is 175 g/mol. The molecule has 1 unspecified atom stereocenters. The van der Waals surface area contributed by atoms with Gasteiger partial charge in [-0.1, -0.05) is 12.1 Å². The Morgan fingerprint density at radius 2 is 2.23 bits per heavy atom. The van der Waals surface area contributed by atoms with E-state index >= 15 is 0 Å². The van der Waals surface area contributed by atoms with Crippen molar-refractivity contribution in [3.63, 3.8) is 0 Å². The minimum Gasteiger partial charge on any atom is -0.399 e. The molecule has 0 saturated carbocycles. The number of benzene rings is 1. The van der Waals surface area contributed by atoms with Gasteiger partial charge in [0.25, 0.3) is 0 Å². The molecule has 0 bridgehead atoms. The molecule has 0 spiro atoms. The predicted molar refractivity (Wildman–Crippen MR) is 52.8 cm³/mol. The fourth-order valence-electron chi connectivity index (χ4n) is 1.21. The van der Waals surface area contributed by atoms with Crippen molar-refractivity contribution in [1.82, 2.24) is 0 Å². The van der Waals surface area contributed by atoms with Crippen LogP contribution in [0.25, 0.3) is 0 Å². The van der Waals surface area contributed by atoms with E-state index in [-0.39, 0.29) is 6.04 Å². The van der Waals surface area contributed by atoms with Gasteiger partial charge in [-0.15, -0.1) is 0 Å². The molecule has 1 aromatic rings. The summed E-state index contributed by atoms with van der Waals surface area (Å²) >= 11 is 0. The van der Waals surface area contributed by atoms with Crippen LogP contribution in [0.15, 0.2) is 24.3 Å². The van der Waals surface area contributed by atoms with Crippen molar-refractivity contribution >= 4 is 5.69 Å². The molecule has 0 aliphatic rings. The van der Waals surface area contributed by atoms with E-state index in [0.29, 0.717) is 12.8 Å². The Morgan fingerprint density at radius 3 is 2.85 bits per heavy atom. The molecule has 3 heteroatoms. The SMILES string of the molecule is N#CCC(N)Cc1cccc(N)c1. The second kappa shape index (κ2) is 4.48. The third kappa shape index (κ3) is 3.14. The van der Waals surface area contributed by atoms with Crippen LogP contribution >= 0.6 is 0 Å². The molecule has 68 valence electrons. The van der Waals surface area contributed by atoms with E-state index in [9.17, 15) is 0 Å². The van der Waals surface area contributed by atoms with Crippen molar-refractivity contribution in [2.24, 2.45) is 5.73 Å². The van der Waals surface area contributed by atoms with E-state index in [4.69, 9.17) is 16.7 Å². The van der Waals surface area contributed by atoms with Gasteiger partial charge >= 0.3 is 0 Å². The maximum Gasteiger partial charge on any atom is 0.0638 e. The lowest BCUT2D eigenvalue weighted by Crippen LogP contribution is -2.21. The molecule has 1 rings (SSSR count). The normalized spacial score (nSPS) is 12.0. The Bertz CT molecular complexity index is 314. The van der Waals surface area contributed by atoms with Gasteiger partial charge in [-0.2, -0.15) is 5.26 Å². The first-order valence-electron chi connectivity index (χ1n) is 4.19. The van der Waals surface area contributed by atoms with Gasteiger partial charge in [-0.25, -0.2) is 0 Å². The van der Waals surface area contributed by atoms with Crippen LogP contribution in [0.4, 0.5) is 5.69 Å². The number of rotatable bonds is 3. The molecule has 1 aromatic carbocycles. The number of nitrogens with two attached hydrogens (primary N) is 2. The number of hydrogen-bond donors (Lipinski definition) is 2. The molecule has 1 atom stereocenters. The van der Waals surface area contributed by atoms with Crippen LogP contribution in [0.5, 0.6) is 0 Å². The zero-order valence-corrected chi connectivity index (χ0v) is 7.40. The van der Waals surface area contributed by atoms with Crippen LogP contribution < -0.4 is 11.5 Å². The first-order chi connectivity index (χ1) is 6.22. The lowest BCUT2D eigenvalue weighted by atomic mass is 10.0. The van der Waals surface area contributed by atoms with Crippen LogP contribution in [0.3, 0.4) is 0 Å². The summed E-state index contributed by atoms with van der Waals surface area (Å²) in [4.78, 5) is 0. The molecule has 3 nitrogen and oxygen atoms in total.